The van der Waals surface area contributed by atoms with E-state index in [1.54, 1.807) is 22.5 Å². The predicted molar refractivity (Wildman–Crippen MR) is 85.6 cm³/mol. The molecule has 2 rings (SSSR count). The van der Waals surface area contributed by atoms with E-state index in [0.29, 0.717) is 11.2 Å². The van der Waals surface area contributed by atoms with Gasteiger partial charge in [0.15, 0.2) is 6.33 Å². The number of aryl methyl sites for hydroxylation is 1. The van der Waals surface area contributed by atoms with Crippen molar-refractivity contribution in [1.29, 1.82) is 0 Å². The maximum atomic E-state index is 12.0. The Labute approximate surface area is 142 Å². The SMILES string of the molecule is COCC(C[n+]1cn(C)c2c(=O)[nH]c(N)nc21)OCCOP(=O)(O)O. The lowest BCUT2D eigenvalue weighted by atomic mass is 10.3. The maximum Gasteiger partial charge on any atom is 0.469 e. The van der Waals surface area contributed by atoms with E-state index in [-0.39, 0.29) is 37.9 Å². The largest absolute Gasteiger partial charge is 0.469 e. The first-order valence-corrected chi connectivity index (χ1v) is 8.79. The van der Waals surface area contributed by atoms with Gasteiger partial charge in [-0.1, -0.05) is 4.98 Å². The zero-order valence-electron chi connectivity index (χ0n) is 13.8. The van der Waals surface area contributed by atoms with Crippen LogP contribution in [0.3, 0.4) is 0 Å². The van der Waals surface area contributed by atoms with Crippen LogP contribution in [0, 0.1) is 0 Å². The van der Waals surface area contributed by atoms with Gasteiger partial charge in [-0.3, -0.25) is 18.9 Å². The molecule has 25 heavy (non-hydrogen) atoms. The third kappa shape index (κ3) is 5.33. The van der Waals surface area contributed by atoms with Crippen LogP contribution in [-0.4, -0.2) is 57.4 Å². The van der Waals surface area contributed by atoms with Crippen molar-refractivity contribution < 1.29 is 32.9 Å². The molecule has 1 unspecified atom stereocenters. The Balaban J connectivity index is 2.13. The number of hydrogen-bond donors (Lipinski definition) is 4. The average Bonchev–Trinajstić information content (AvgIpc) is 2.79. The van der Waals surface area contributed by atoms with Crippen LogP contribution in [0.15, 0.2) is 11.1 Å². The lowest BCUT2D eigenvalue weighted by molar-refractivity contribution is -0.681. The number of rotatable bonds is 9. The van der Waals surface area contributed by atoms with Gasteiger partial charge in [0.25, 0.3) is 11.5 Å². The zero-order valence-corrected chi connectivity index (χ0v) is 14.7. The second-order valence-corrected chi connectivity index (χ2v) is 6.51. The number of phosphoric ester groups is 1. The molecule has 2 heterocycles. The normalized spacial score (nSPS) is 13.4. The van der Waals surface area contributed by atoms with Crippen LogP contribution < -0.4 is 15.9 Å². The fraction of sp³-hybridized carbons (Fsp3) is 0.583. The molecule has 1 atom stereocenters. The van der Waals surface area contributed by atoms with Gasteiger partial charge in [-0.15, -0.1) is 0 Å². The van der Waals surface area contributed by atoms with E-state index in [9.17, 15) is 9.36 Å². The first kappa shape index (κ1) is 19.5. The van der Waals surface area contributed by atoms with Crippen molar-refractivity contribution in [2.45, 2.75) is 12.6 Å². The number of nitrogen functional groups attached to an aromatic ring is 1. The van der Waals surface area contributed by atoms with Crippen LogP contribution in [0.2, 0.25) is 0 Å². The van der Waals surface area contributed by atoms with Crippen LogP contribution in [0.4, 0.5) is 5.95 Å². The number of phosphoric acid groups is 1. The van der Waals surface area contributed by atoms with E-state index in [0.717, 1.165) is 0 Å². The number of fused-ring (bicyclic) bond motifs is 1. The van der Waals surface area contributed by atoms with E-state index < -0.39 is 13.9 Å². The highest BCUT2D eigenvalue weighted by Gasteiger charge is 2.23. The highest BCUT2D eigenvalue weighted by molar-refractivity contribution is 7.46. The number of aromatic nitrogens is 4. The Hall–Kier alpha value is -1.82. The monoisotopic (exact) mass is 378 g/mol. The fourth-order valence-corrected chi connectivity index (χ4v) is 2.69. The number of imidazole rings is 1. The van der Waals surface area contributed by atoms with Crippen molar-refractivity contribution in [1.82, 2.24) is 14.5 Å². The number of ether oxygens (including phenoxy) is 2. The number of aromatic amines is 1. The lowest BCUT2D eigenvalue weighted by Crippen LogP contribution is -2.43. The molecule has 13 heteroatoms. The first-order chi connectivity index (χ1) is 11.7. The molecule has 0 aliphatic carbocycles. The first-order valence-electron chi connectivity index (χ1n) is 7.26. The molecular weight excluding hydrogens is 357 g/mol. The number of hydrogen-bond acceptors (Lipinski definition) is 7. The predicted octanol–water partition coefficient (Wildman–Crippen LogP) is -1.73. The molecule has 0 saturated heterocycles. The number of nitrogens with two attached hydrogens (primary N) is 1. The molecule has 12 nitrogen and oxygen atoms in total. The second-order valence-electron chi connectivity index (χ2n) is 5.27. The van der Waals surface area contributed by atoms with Crippen LogP contribution in [0.5, 0.6) is 0 Å². The number of nitrogens with one attached hydrogen (secondary N) is 1. The Bertz CT molecular complexity index is 829. The molecule has 0 bridgehead atoms. The summed E-state index contributed by atoms with van der Waals surface area (Å²) in [4.78, 5) is 35.9. The molecule has 0 saturated carbocycles. The molecular formula is C12H21N5O7P+. The van der Waals surface area contributed by atoms with Crippen LogP contribution in [0.25, 0.3) is 11.2 Å². The van der Waals surface area contributed by atoms with Gasteiger partial charge in [-0.05, 0) is 0 Å². The van der Waals surface area contributed by atoms with Gasteiger partial charge in [-0.25, -0.2) is 9.13 Å². The standard InChI is InChI=1S/C12H20N5O7P/c1-16-7-17(10-9(16)11(18)15-12(13)14-10)5-8(6-22-2)23-3-4-24-25(19,20)21/h7-8H,3-6H2,1-2H3,(H4-,13,14,15,18,19,20,21)/p+1. The molecule has 2 aromatic rings. The fourth-order valence-electron chi connectivity index (χ4n) is 2.38. The Morgan fingerprint density at radius 1 is 1.48 bits per heavy atom. The van der Waals surface area contributed by atoms with Gasteiger partial charge < -0.3 is 25.0 Å². The van der Waals surface area contributed by atoms with Crippen molar-refractivity contribution >= 4 is 24.9 Å². The second kappa shape index (κ2) is 8.04. The van der Waals surface area contributed by atoms with Crippen molar-refractivity contribution in [3.8, 4) is 0 Å². The minimum Gasteiger partial charge on any atom is -0.382 e. The van der Waals surface area contributed by atoms with Gasteiger partial charge in [-0.2, -0.15) is 0 Å². The van der Waals surface area contributed by atoms with Crippen LogP contribution in [0.1, 0.15) is 0 Å². The molecule has 0 spiro atoms. The minimum absolute atomic E-state index is 0.00305. The quantitative estimate of drug-likeness (QED) is 0.225. The highest BCUT2D eigenvalue weighted by Crippen LogP contribution is 2.35. The van der Waals surface area contributed by atoms with Crippen LogP contribution >= 0.6 is 7.82 Å². The van der Waals surface area contributed by atoms with Crippen molar-refractivity contribution in [2.24, 2.45) is 7.05 Å². The third-order valence-electron chi connectivity index (χ3n) is 3.28. The van der Waals surface area contributed by atoms with E-state index in [1.807, 2.05) is 0 Å². The molecule has 0 amide bonds. The van der Waals surface area contributed by atoms with Gasteiger partial charge in [0.1, 0.15) is 6.10 Å². The summed E-state index contributed by atoms with van der Waals surface area (Å²) >= 11 is 0. The zero-order chi connectivity index (χ0) is 18.6. The summed E-state index contributed by atoms with van der Waals surface area (Å²) in [5, 5.41) is 0. The summed E-state index contributed by atoms with van der Waals surface area (Å²) in [7, 11) is -1.33. The Kier molecular flexibility index (Phi) is 6.27. The molecule has 0 fully saturated rings. The van der Waals surface area contributed by atoms with E-state index in [1.165, 1.54) is 7.11 Å². The molecule has 140 valence electrons. The summed E-state index contributed by atoms with van der Waals surface area (Å²) in [5.41, 5.74) is 5.98. The highest BCUT2D eigenvalue weighted by atomic mass is 31.2. The summed E-state index contributed by atoms with van der Waals surface area (Å²) in [6.45, 7) is 0.200. The van der Waals surface area contributed by atoms with E-state index in [4.69, 9.17) is 25.0 Å². The minimum atomic E-state index is -4.53. The molecule has 0 aliphatic rings. The van der Waals surface area contributed by atoms with Gasteiger partial charge in [0, 0.05) is 7.11 Å². The lowest BCUT2D eigenvalue weighted by Gasteiger charge is -2.16. The number of nitrogens with zero attached hydrogens (tertiary/aromatic N) is 3. The van der Waals surface area contributed by atoms with Crippen molar-refractivity contribution in [3.63, 3.8) is 0 Å². The van der Waals surface area contributed by atoms with Gasteiger partial charge >= 0.3 is 13.5 Å². The summed E-state index contributed by atoms with van der Waals surface area (Å²) in [6.07, 6.45) is 1.22. The van der Waals surface area contributed by atoms with E-state index >= 15 is 0 Å². The summed E-state index contributed by atoms with van der Waals surface area (Å²) in [6, 6.07) is 0. The smallest absolute Gasteiger partial charge is 0.382 e. The van der Waals surface area contributed by atoms with Crippen LogP contribution in [-0.2, 0) is 32.2 Å². The molecule has 0 aliphatic heterocycles. The number of anilines is 1. The van der Waals surface area contributed by atoms with E-state index in [2.05, 4.69) is 14.5 Å². The topological polar surface area (TPSA) is 166 Å². The Morgan fingerprint density at radius 3 is 2.84 bits per heavy atom. The molecule has 0 aromatic carbocycles. The molecule has 0 radical (unpaired) electrons. The Morgan fingerprint density at radius 2 is 2.20 bits per heavy atom. The molecule has 2 aromatic heterocycles. The number of methoxy groups -OCH3 is 1. The van der Waals surface area contributed by atoms with Gasteiger partial charge in [0.2, 0.25) is 5.52 Å². The number of H-pyrrole nitrogens is 1. The van der Waals surface area contributed by atoms with Gasteiger partial charge in [0.05, 0.1) is 33.4 Å². The summed E-state index contributed by atoms with van der Waals surface area (Å²) in [5.74, 6) is -0.00305. The summed E-state index contributed by atoms with van der Waals surface area (Å²) < 4.78 is 28.9. The maximum absolute atomic E-state index is 12.0. The molecule has 5 N–H and O–H groups in total. The van der Waals surface area contributed by atoms with Crippen molar-refractivity contribution in [2.75, 3.05) is 32.7 Å². The van der Waals surface area contributed by atoms with Crippen molar-refractivity contribution in [3.05, 3.63) is 16.7 Å². The average molecular weight is 378 g/mol. The third-order valence-corrected chi connectivity index (χ3v) is 3.80.